The largest absolute Gasteiger partial charge is 0.497 e. The van der Waals surface area contributed by atoms with Gasteiger partial charge in [0.1, 0.15) is 11.6 Å². The number of amides is 2. The number of fused-ring (bicyclic) bond motifs is 1. The molecule has 0 spiro atoms. The van der Waals surface area contributed by atoms with Crippen molar-refractivity contribution in [2.75, 3.05) is 12.4 Å². The number of hydrogen-bond acceptors (Lipinski definition) is 7. The van der Waals surface area contributed by atoms with E-state index in [2.05, 4.69) is 10.6 Å². The van der Waals surface area contributed by atoms with Crippen LogP contribution in [0.5, 0.6) is 5.75 Å². The molecule has 0 aliphatic carbocycles. The lowest BCUT2D eigenvalue weighted by Crippen LogP contribution is -2.54. The molecule has 0 bridgehead atoms. The third-order valence-electron chi connectivity index (χ3n) is 5.60. The molecule has 3 aromatic rings. The van der Waals surface area contributed by atoms with Crippen molar-refractivity contribution in [3.05, 3.63) is 86.6 Å². The predicted molar refractivity (Wildman–Crippen MR) is 126 cm³/mol. The van der Waals surface area contributed by atoms with Gasteiger partial charge >= 0.3 is 5.69 Å². The molecule has 11 nitrogen and oxygen atoms in total. The number of rotatable bonds is 6. The molecule has 1 unspecified atom stereocenters. The molecule has 4 rings (SSSR count). The molecule has 2 aromatic carbocycles. The van der Waals surface area contributed by atoms with Crippen LogP contribution in [0.3, 0.4) is 0 Å². The number of hydrogen-bond donors (Lipinski definition) is 2. The van der Waals surface area contributed by atoms with Crippen molar-refractivity contribution in [1.82, 2.24) is 14.5 Å². The summed E-state index contributed by atoms with van der Waals surface area (Å²) in [6.07, 6.45) is 0. The Bertz CT molecular complexity index is 1540. The first-order chi connectivity index (χ1) is 16.6. The number of carbonyl (C=O) groups is 2. The second kappa shape index (κ2) is 9.22. The Balaban J connectivity index is 1.71. The van der Waals surface area contributed by atoms with Gasteiger partial charge in [-0.25, -0.2) is 13.2 Å². The van der Waals surface area contributed by atoms with Crippen molar-refractivity contribution >= 4 is 27.5 Å². The fourth-order valence-corrected chi connectivity index (χ4v) is 5.56. The molecular weight excluding hydrogens is 476 g/mol. The van der Waals surface area contributed by atoms with Crippen molar-refractivity contribution in [3.8, 4) is 5.75 Å². The molecule has 2 amide bonds. The second-order valence-electron chi connectivity index (χ2n) is 7.88. The van der Waals surface area contributed by atoms with E-state index >= 15 is 0 Å². The Morgan fingerprint density at radius 3 is 2.43 bits per heavy atom. The van der Waals surface area contributed by atoms with Gasteiger partial charge in [0.15, 0.2) is 4.90 Å². The molecule has 1 aliphatic heterocycles. The minimum Gasteiger partial charge on any atom is -0.497 e. The highest BCUT2D eigenvalue weighted by atomic mass is 32.2. The van der Waals surface area contributed by atoms with E-state index in [4.69, 9.17) is 4.74 Å². The first-order valence-corrected chi connectivity index (χ1v) is 12.0. The monoisotopic (exact) mass is 498 g/mol. The number of aromatic nitrogens is 2. The third-order valence-corrected chi connectivity index (χ3v) is 7.59. The standard InChI is InChI=1S/C23H22N4O7S/c1-26-19-17(22(30)27(23(26)31)13-14-7-4-3-5-8-14)35(32,33)18(21(29)25-19)20(28)24-12-15-9-6-10-16(11-15)34-2/h3-11,18H,12-13H2,1-2H3,(H,24,28)(H,25,29). The van der Waals surface area contributed by atoms with Crippen LogP contribution in [-0.2, 0) is 39.6 Å². The van der Waals surface area contributed by atoms with Crippen LogP contribution < -0.4 is 26.6 Å². The molecule has 1 aliphatic rings. The lowest BCUT2D eigenvalue weighted by molar-refractivity contribution is -0.126. The SMILES string of the molecule is COc1cccc(CNC(=O)C2C(=O)Nc3c(c(=O)n(Cc4ccccc4)c(=O)n3C)S2(=O)=O)c1. The van der Waals surface area contributed by atoms with Crippen LogP contribution in [0.4, 0.5) is 5.82 Å². The van der Waals surface area contributed by atoms with Crippen molar-refractivity contribution in [2.45, 2.75) is 23.2 Å². The van der Waals surface area contributed by atoms with Crippen LogP contribution in [0.25, 0.3) is 0 Å². The second-order valence-corrected chi connectivity index (χ2v) is 9.85. The maximum atomic E-state index is 13.4. The summed E-state index contributed by atoms with van der Waals surface area (Å²) in [6, 6.07) is 15.3. The molecule has 1 aromatic heterocycles. The zero-order chi connectivity index (χ0) is 25.3. The first kappa shape index (κ1) is 24.0. The van der Waals surface area contributed by atoms with E-state index in [0.717, 1.165) is 9.13 Å². The minimum absolute atomic E-state index is 0.0757. The number of methoxy groups -OCH3 is 1. The highest BCUT2D eigenvalue weighted by Crippen LogP contribution is 2.26. The van der Waals surface area contributed by atoms with Crippen LogP contribution in [0.1, 0.15) is 11.1 Å². The van der Waals surface area contributed by atoms with Gasteiger partial charge in [-0.2, -0.15) is 0 Å². The number of ether oxygens (including phenoxy) is 1. The molecule has 0 saturated carbocycles. The Morgan fingerprint density at radius 2 is 1.74 bits per heavy atom. The normalized spacial score (nSPS) is 16.2. The number of nitrogens with one attached hydrogen (secondary N) is 2. The molecule has 35 heavy (non-hydrogen) atoms. The van der Waals surface area contributed by atoms with Crippen LogP contribution in [0.15, 0.2) is 69.1 Å². The van der Waals surface area contributed by atoms with Crippen LogP contribution in [0, 0.1) is 0 Å². The molecule has 2 heterocycles. The summed E-state index contributed by atoms with van der Waals surface area (Å²) in [4.78, 5) is 50.7. The van der Waals surface area contributed by atoms with Gasteiger partial charge in [-0.3, -0.25) is 23.5 Å². The molecule has 12 heteroatoms. The summed E-state index contributed by atoms with van der Waals surface area (Å²) >= 11 is 0. The molecule has 1 atom stereocenters. The number of anilines is 1. The zero-order valence-corrected chi connectivity index (χ0v) is 19.7. The van der Waals surface area contributed by atoms with Crippen molar-refractivity contribution in [3.63, 3.8) is 0 Å². The van der Waals surface area contributed by atoms with Crippen LogP contribution in [-0.4, -0.2) is 41.7 Å². The zero-order valence-electron chi connectivity index (χ0n) is 18.8. The Kier molecular flexibility index (Phi) is 6.31. The van der Waals surface area contributed by atoms with E-state index in [9.17, 15) is 27.6 Å². The number of nitrogens with zero attached hydrogens (tertiary/aromatic N) is 2. The molecule has 0 radical (unpaired) electrons. The Labute approximate surface area is 199 Å². The Hall–Kier alpha value is -4.19. The van der Waals surface area contributed by atoms with Gasteiger partial charge in [0.2, 0.25) is 21.0 Å². The molecule has 2 N–H and O–H groups in total. The average Bonchev–Trinajstić information content (AvgIpc) is 2.84. The summed E-state index contributed by atoms with van der Waals surface area (Å²) in [5.74, 6) is -2.19. The van der Waals surface area contributed by atoms with Gasteiger partial charge in [-0.05, 0) is 23.3 Å². The maximum absolute atomic E-state index is 13.4. The molecule has 0 fully saturated rings. The van der Waals surface area contributed by atoms with Crippen LogP contribution >= 0.6 is 0 Å². The van der Waals surface area contributed by atoms with E-state index in [1.807, 2.05) is 0 Å². The van der Waals surface area contributed by atoms with Crippen molar-refractivity contribution in [2.24, 2.45) is 7.05 Å². The minimum atomic E-state index is -4.78. The number of benzene rings is 2. The van der Waals surface area contributed by atoms with Gasteiger partial charge in [0.25, 0.3) is 11.5 Å². The average molecular weight is 499 g/mol. The number of sulfone groups is 1. The first-order valence-electron chi connectivity index (χ1n) is 10.5. The molecule has 0 saturated heterocycles. The van der Waals surface area contributed by atoms with E-state index in [1.165, 1.54) is 14.2 Å². The van der Waals surface area contributed by atoms with E-state index < -0.39 is 48.9 Å². The lowest BCUT2D eigenvalue weighted by Gasteiger charge is -2.26. The summed E-state index contributed by atoms with van der Waals surface area (Å²) in [5, 5.41) is 2.48. The Morgan fingerprint density at radius 1 is 1.06 bits per heavy atom. The van der Waals surface area contributed by atoms with Gasteiger partial charge < -0.3 is 15.4 Å². The summed E-state index contributed by atoms with van der Waals surface area (Å²) < 4.78 is 33.5. The summed E-state index contributed by atoms with van der Waals surface area (Å²) in [7, 11) is -2.06. The summed E-state index contributed by atoms with van der Waals surface area (Å²) in [5.41, 5.74) is -0.720. The van der Waals surface area contributed by atoms with Crippen molar-refractivity contribution in [1.29, 1.82) is 0 Å². The van der Waals surface area contributed by atoms with Gasteiger partial charge in [-0.15, -0.1) is 0 Å². The highest BCUT2D eigenvalue weighted by Gasteiger charge is 2.48. The molecular formula is C23H22N4O7S. The quantitative estimate of drug-likeness (QED) is 0.456. The lowest BCUT2D eigenvalue weighted by atomic mass is 10.2. The fraction of sp³-hybridized carbons (Fsp3) is 0.217. The predicted octanol–water partition coefficient (Wildman–Crippen LogP) is 0.0147. The number of carbonyl (C=O) groups excluding carboxylic acids is 2. The van der Waals surface area contributed by atoms with E-state index in [0.29, 0.717) is 16.9 Å². The van der Waals surface area contributed by atoms with Crippen LogP contribution in [0.2, 0.25) is 0 Å². The third kappa shape index (κ3) is 4.35. The van der Waals surface area contributed by atoms with Gasteiger partial charge in [-0.1, -0.05) is 42.5 Å². The van der Waals surface area contributed by atoms with E-state index in [-0.39, 0.29) is 13.1 Å². The maximum Gasteiger partial charge on any atom is 0.332 e. The fourth-order valence-electron chi connectivity index (χ4n) is 3.81. The summed E-state index contributed by atoms with van der Waals surface area (Å²) in [6.45, 7) is -0.260. The van der Waals surface area contributed by atoms with E-state index in [1.54, 1.807) is 54.6 Å². The van der Waals surface area contributed by atoms with Gasteiger partial charge in [0, 0.05) is 13.6 Å². The van der Waals surface area contributed by atoms with Gasteiger partial charge in [0.05, 0.1) is 13.7 Å². The highest BCUT2D eigenvalue weighted by molar-refractivity contribution is 7.94. The van der Waals surface area contributed by atoms with Crippen molar-refractivity contribution < 1.29 is 22.7 Å². The molecule has 182 valence electrons. The topological polar surface area (TPSA) is 146 Å². The smallest absolute Gasteiger partial charge is 0.332 e.